The monoisotopic (exact) mass is 251 g/mol. The largest absolute Gasteiger partial charge is 0.475 e. The summed E-state index contributed by atoms with van der Waals surface area (Å²) >= 11 is 1.69. The molecule has 0 aromatic carbocycles. The van der Waals surface area contributed by atoms with Crippen LogP contribution >= 0.6 is 11.3 Å². The molecule has 0 saturated heterocycles. The first-order valence-electron chi connectivity index (χ1n) is 5.25. The van der Waals surface area contributed by atoms with Crippen LogP contribution in [0, 0.1) is 0 Å². The molecule has 0 aliphatic heterocycles. The third-order valence-electron chi connectivity index (χ3n) is 2.42. The summed E-state index contributed by atoms with van der Waals surface area (Å²) in [7, 11) is 0. The second-order valence-corrected chi connectivity index (χ2v) is 4.67. The third-order valence-corrected chi connectivity index (χ3v) is 3.48. The summed E-state index contributed by atoms with van der Waals surface area (Å²) in [5.74, 6) is -0.432. The van der Waals surface area contributed by atoms with Crippen molar-refractivity contribution in [3.05, 3.63) is 46.0 Å². The molecular formula is C12H13NO3S. The number of hydrogen-bond acceptors (Lipinski definition) is 4. The molecule has 0 spiro atoms. The summed E-state index contributed by atoms with van der Waals surface area (Å²) in [4.78, 5) is 11.9. The van der Waals surface area contributed by atoms with Crippen LogP contribution in [0.5, 0.6) is 0 Å². The van der Waals surface area contributed by atoms with Crippen molar-refractivity contribution in [2.75, 3.05) is 0 Å². The van der Waals surface area contributed by atoms with Gasteiger partial charge in [0.2, 0.25) is 5.76 Å². The van der Waals surface area contributed by atoms with E-state index in [0.717, 1.165) is 0 Å². The van der Waals surface area contributed by atoms with Gasteiger partial charge in [-0.3, -0.25) is 0 Å². The Balaban J connectivity index is 1.91. The molecule has 0 amide bonds. The normalized spacial score (nSPS) is 12.5. The average Bonchev–Trinajstić information content (AvgIpc) is 2.97. The number of thiophene rings is 1. The van der Waals surface area contributed by atoms with E-state index in [9.17, 15) is 4.79 Å². The lowest BCUT2D eigenvalue weighted by Gasteiger charge is -2.10. The van der Waals surface area contributed by atoms with Crippen molar-refractivity contribution in [2.24, 2.45) is 0 Å². The number of nitrogens with one attached hydrogen (secondary N) is 1. The highest BCUT2D eigenvalue weighted by molar-refractivity contribution is 7.10. The third kappa shape index (κ3) is 2.95. The van der Waals surface area contributed by atoms with Gasteiger partial charge >= 0.3 is 5.97 Å². The van der Waals surface area contributed by atoms with E-state index in [4.69, 9.17) is 9.52 Å². The van der Waals surface area contributed by atoms with E-state index in [2.05, 4.69) is 18.3 Å². The fourth-order valence-electron chi connectivity index (χ4n) is 1.48. The van der Waals surface area contributed by atoms with Crippen LogP contribution in [0.2, 0.25) is 0 Å². The number of rotatable bonds is 5. The lowest BCUT2D eigenvalue weighted by atomic mass is 10.2. The number of carbonyl (C=O) groups is 1. The Bertz CT molecular complexity index is 490. The molecule has 0 aliphatic carbocycles. The Kier molecular flexibility index (Phi) is 3.61. The van der Waals surface area contributed by atoms with E-state index in [1.165, 1.54) is 10.9 Å². The van der Waals surface area contributed by atoms with Crippen LogP contribution in [0.25, 0.3) is 0 Å². The van der Waals surface area contributed by atoms with Gasteiger partial charge in [0.25, 0.3) is 0 Å². The Morgan fingerprint density at radius 3 is 2.94 bits per heavy atom. The summed E-state index contributed by atoms with van der Waals surface area (Å²) in [5, 5.41) is 14.0. The molecule has 2 heterocycles. The van der Waals surface area contributed by atoms with E-state index in [1.807, 2.05) is 11.4 Å². The summed E-state index contributed by atoms with van der Waals surface area (Å²) in [6, 6.07) is 7.45. The van der Waals surface area contributed by atoms with E-state index in [0.29, 0.717) is 12.3 Å². The molecule has 0 fully saturated rings. The molecule has 0 aliphatic rings. The van der Waals surface area contributed by atoms with Gasteiger partial charge in [-0.1, -0.05) is 6.07 Å². The number of hydrogen-bond donors (Lipinski definition) is 2. The summed E-state index contributed by atoms with van der Waals surface area (Å²) in [6.07, 6.45) is 0. The second-order valence-electron chi connectivity index (χ2n) is 3.69. The maximum absolute atomic E-state index is 10.6. The Morgan fingerprint density at radius 2 is 2.35 bits per heavy atom. The number of aromatic carboxylic acids is 1. The highest BCUT2D eigenvalue weighted by Crippen LogP contribution is 2.18. The van der Waals surface area contributed by atoms with Crippen molar-refractivity contribution < 1.29 is 14.3 Å². The zero-order chi connectivity index (χ0) is 12.3. The van der Waals surface area contributed by atoms with E-state index < -0.39 is 5.97 Å². The van der Waals surface area contributed by atoms with E-state index in [1.54, 1.807) is 17.4 Å². The molecule has 2 aromatic heterocycles. The van der Waals surface area contributed by atoms with Gasteiger partial charge in [0.1, 0.15) is 5.76 Å². The average molecular weight is 251 g/mol. The van der Waals surface area contributed by atoms with Crippen LogP contribution in [-0.2, 0) is 6.54 Å². The summed E-state index contributed by atoms with van der Waals surface area (Å²) < 4.78 is 5.15. The first-order chi connectivity index (χ1) is 8.16. The number of carboxylic acid groups (broad SMARTS) is 1. The van der Waals surface area contributed by atoms with Crippen molar-refractivity contribution in [1.29, 1.82) is 0 Å². The molecule has 5 heteroatoms. The van der Waals surface area contributed by atoms with Crippen LogP contribution in [0.1, 0.15) is 34.2 Å². The zero-order valence-electron chi connectivity index (χ0n) is 9.34. The van der Waals surface area contributed by atoms with Gasteiger partial charge < -0.3 is 14.8 Å². The van der Waals surface area contributed by atoms with Crippen molar-refractivity contribution in [3.63, 3.8) is 0 Å². The molecule has 4 nitrogen and oxygen atoms in total. The van der Waals surface area contributed by atoms with Crippen LogP contribution in [0.15, 0.2) is 34.1 Å². The zero-order valence-corrected chi connectivity index (χ0v) is 10.2. The molecule has 0 bridgehead atoms. The van der Waals surface area contributed by atoms with Crippen LogP contribution < -0.4 is 5.32 Å². The number of furan rings is 1. The second kappa shape index (κ2) is 5.16. The van der Waals surface area contributed by atoms with Gasteiger partial charge in [0.15, 0.2) is 0 Å². The number of carboxylic acids is 1. The minimum absolute atomic E-state index is 0.0226. The summed E-state index contributed by atoms with van der Waals surface area (Å²) in [5.41, 5.74) is 0. The van der Waals surface area contributed by atoms with Gasteiger partial charge in [0.05, 0.1) is 6.54 Å². The van der Waals surface area contributed by atoms with Gasteiger partial charge in [-0.05, 0) is 30.5 Å². The van der Waals surface area contributed by atoms with Gasteiger partial charge in [-0.15, -0.1) is 11.3 Å². The molecule has 2 rings (SSSR count). The van der Waals surface area contributed by atoms with Crippen molar-refractivity contribution in [3.8, 4) is 0 Å². The standard InChI is InChI=1S/C12H13NO3S/c1-8(11-3-2-6-17-11)13-7-9-4-5-10(16-9)12(14)15/h2-6,8,13H,7H2,1H3,(H,14,15). The molecule has 0 radical (unpaired) electrons. The first kappa shape index (κ1) is 11.9. The molecule has 2 aromatic rings. The van der Waals surface area contributed by atoms with Crippen LogP contribution in [0.3, 0.4) is 0 Å². The molecule has 1 unspecified atom stereocenters. The molecule has 17 heavy (non-hydrogen) atoms. The highest BCUT2D eigenvalue weighted by Gasteiger charge is 2.10. The predicted octanol–water partition coefficient (Wildman–Crippen LogP) is 2.89. The van der Waals surface area contributed by atoms with Crippen LogP contribution in [-0.4, -0.2) is 11.1 Å². The fraction of sp³-hybridized carbons (Fsp3) is 0.250. The summed E-state index contributed by atoms with van der Waals surface area (Å²) in [6.45, 7) is 2.58. The van der Waals surface area contributed by atoms with E-state index >= 15 is 0 Å². The Morgan fingerprint density at radius 1 is 1.53 bits per heavy atom. The first-order valence-corrected chi connectivity index (χ1v) is 6.13. The van der Waals surface area contributed by atoms with Crippen molar-refractivity contribution in [2.45, 2.75) is 19.5 Å². The SMILES string of the molecule is CC(NCc1ccc(C(=O)O)o1)c1cccs1. The van der Waals surface area contributed by atoms with Crippen molar-refractivity contribution >= 4 is 17.3 Å². The maximum Gasteiger partial charge on any atom is 0.371 e. The Labute approximate surface area is 103 Å². The quantitative estimate of drug-likeness (QED) is 0.857. The maximum atomic E-state index is 10.6. The van der Waals surface area contributed by atoms with Crippen molar-refractivity contribution in [1.82, 2.24) is 5.32 Å². The molecular weight excluding hydrogens is 238 g/mol. The fourth-order valence-corrected chi connectivity index (χ4v) is 2.24. The lowest BCUT2D eigenvalue weighted by Crippen LogP contribution is -2.16. The highest BCUT2D eigenvalue weighted by atomic mass is 32.1. The molecule has 0 saturated carbocycles. The van der Waals surface area contributed by atoms with Gasteiger partial charge in [-0.25, -0.2) is 4.79 Å². The molecule has 1 atom stereocenters. The predicted molar refractivity (Wildman–Crippen MR) is 65.2 cm³/mol. The Hall–Kier alpha value is -1.59. The molecule has 90 valence electrons. The van der Waals surface area contributed by atoms with E-state index in [-0.39, 0.29) is 11.8 Å². The minimum atomic E-state index is -1.04. The molecule has 2 N–H and O–H groups in total. The van der Waals surface area contributed by atoms with Gasteiger partial charge in [0, 0.05) is 10.9 Å². The van der Waals surface area contributed by atoms with Crippen LogP contribution in [0.4, 0.5) is 0 Å². The van der Waals surface area contributed by atoms with Gasteiger partial charge in [-0.2, -0.15) is 0 Å². The lowest BCUT2D eigenvalue weighted by molar-refractivity contribution is 0.0660. The smallest absolute Gasteiger partial charge is 0.371 e. The minimum Gasteiger partial charge on any atom is -0.475 e. The topological polar surface area (TPSA) is 62.5 Å².